The molecular formula is C20H30O. The minimum atomic E-state index is 0.419. The van der Waals surface area contributed by atoms with Gasteiger partial charge in [0.1, 0.15) is 5.78 Å². The summed E-state index contributed by atoms with van der Waals surface area (Å²) < 4.78 is 0. The van der Waals surface area contributed by atoms with Crippen molar-refractivity contribution in [2.24, 2.45) is 11.8 Å². The Balaban J connectivity index is 1.74. The van der Waals surface area contributed by atoms with Crippen molar-refractivity contribution in [1.29, 1.82) is 0 Å². The molecule has 0 bridgehead atoms. The van der Waals surface area contributed by atoms with Crippen LogP contribution in [0.5, 0.6) is 0 Å². The van der Waals surface area contributed by atoms with Crippen molar-refractivity contribution in [3.8, 4) is 0 Å². The van der Waals surface area contributed by atoms with Crippen molar-refractivity contribution in [2.75, 3.05) is 0 Å². The summed E-state index contributed by atoms with van der Waals surface area (Å²) in [6, 6.07) is 0. The Morgan fingerprint density at radius 2 is 2.10 bits per heavy atom. The third-order valence-electron chi connectivity index (χ3n) is 5.03. The minimum absolute atomic E-state index is 0.419. The van der Waals surface area contributed by atoms with E-state index in [-0.39, 0.29) is 0 Å². The van der Waals surface area contributed by atoms with Gasteiger partial charge in [-0.1, -0.05) is 56.1 Å². The Kier molecular flexibility index (Phi) is 6.48. The molecule has 0 heterocycles. The van der Waals surface area contributed by atoms with Crippen molar-refractivity contribution in [3.05, 3.63) is 35.5 Å². The summed E-state index contributed by atoms with van der Waals surface area (Å²) >= 11 is 0. The Labute approximate surface area is 130 Å². The van der Waals surface area contributed by atoms with Gasteiger partial charge in [-0.25, -0.2) is 0 Å². The highest BCUT2D eigenvalue weighted by molar-refractivity contribution is 5.81. The van der Waals surface area contributed by atoms with Crippen LogP contribution in [-0.2, 0) is 4.79 Å². The molecule has 0 aromatic rings. The number of ketones is 1. The maximum atomic E-state index is 11.5. The van der Waals surface area contributed by atoms with E-state index in [1.807, 2.05) is 0 Å². The standard InChI is InChI=1S/C20H30O/c1-3-17(14-19-12-5-4-8-16(19)2)9-6-10-18-11-7-13-20(21)15-18/h7-8,11-12,17-18H,3-6,9-10,13-15H2,1-2H3. The minimum Gasteiger partial charge on any atom is -0.299 e. The summed E-state index contributed by atoms with van der Waals surface area (Å²) in [5.41, 5.74) is 3.08. The first kappa shape index (κ1) is 16.3. The van der Waals surface area contributed by atoms with Crippen molar-refractivity contribution < 1.29 is 4.79 Å². The van der Waals surface area contributed by atoms with Gasteiger partial charge in [-0.05, 0) is 50.0 Å². The van der Waals surface area contributed by atoms with Crippen molar-refractivity contribution in [2.45, 2.75) is 71.6 Å². The number of rotatable bonds is 7. The molecule has 0 amide bonds. The van der Waals surface area contributed by atoms with Crippen molar-refractivity contribution in [3.63, 3.8) is 0 Å². The summed E-state index contributed by atoms with van der Waals surface area (Å²) in [7, 11) is 0. The molecule has 2 rings (SSSR count). The molecule has 0 saturated carbocycles. The van der Waals surface area contributed by atoms with Crippen LogP contribution in [0.4, 0.5) is 0 Å². The maximum absolute atomic E-state index is 11.5. The molecule has 0 aromatic carbocycles. The second-order valence-corrected chi connectivity index (χ2v) is 6.74. The molecule has 2 aliphatic rings. The van der Waals surface area contributed by atoms with E-state index in [9.17, 15) is 4.79 Å². The van der Waals surface area contributed by atoms with E-state index >= 15 is 0 Å². The van der Waals surface area contributed by atoms with Crippen molar-refractivity contribution >= 4 is 5.78 Å². The highest BCUT2D eigenvalue weighted by Gasteiger charge is 2.16. The van der Waals surface area contributed by atoms with Crippen LogP contribution in [0, 0.1) is 11.8 Å². The van der Waals surface area contributed by atoms with E-state index in [4.69, 9.17) is 0 Å². The van der Waals surface area contributed by atoms with E-state index in [2.05, 4.69) is 38.2 Å². The summed E-state index contributed by atoms with van der Waals surface area (Å²) in [4.78, 5) is 11.5. The smallest absolute Gasteiger partial charge is 0.137 e. The second-order valence-electron chi connectivity index (χ2n) is 6.74. The van der Waals surface area contributed by atoms with Crippen LogP contribution in [0.3, 0.4) is 0 Å². The third-order valence-corrected chi connectivity index (χ3v) is 5.03. The lowest BCUT2D eigenvalue weighted by Gasteiger charge is -2.21. The molecule has 2 aliphatic carbocycles. The first-order valence-electron chi connectivity index (χ1n) is 8.73. The van der Waals surface area contributed by atoms with Crippen LogP contribution in [0.25, 0.3) is 0 Å². The van der Waals surface area contributed by atoms with Crippen LogP contribution < -0.4 is 0 Å². The Morgan fingerprint density at radius 1 is 1.29 bits per heavy atom. The number of hydrogen-bond donors (Lipinski definition) is 0. The van der Waals surface area contributed by atoms with Crippen LogP contribution in [-0.4, -0.2) is 5.78 Å². The summed E-state index contributed by atoms with van der Waals surface area (Å²) in [6.07, 6.45) is 19.3. The fraction of sp³-hybridized carbons (Fsp3) is 0.650. The van der Waals surface area contributed by atoms with Crippen LogP contribution in [0.2, 0.25) is 0 Å². The average molecular weight is 286 g/mol. The molecule has 0 aromatic heterocycles. The van der Waals surface area contributed by atoms with E-state index in [1.165, 1.54) is 50.5 Å². The lowest BCUT2D eigenvalue weighted by atomic mass is 9.84. The van der Waals surface area contributed by atoms with Gasteiger partial charge < -0.3 is 0 Å². The van der Waals surface area contributed by atoms with E-state index < -0.39 is 0 Å². The van der Waals surface area contributed by atoms with E-state index in [0.29, 0.717) is 18.1 Å². The molecule has 2 unspecified atom stereocenters. The molecule has 0 fully saturated rings. The zero-order valence-electron chi connectivity index (χ0n) is 13.7. The largest absolute Gasteiger partial charge is 0.299 e. The first-order chi connectivity index (χ1) is 10.2. The zero-order chi connectivity index (χ0) is 15.1. The van der Waals surface area contributed by atoms with Gasteiger partial charge >= 0.3 is 0 Å². The molecule has 0 N–H and O–H groups in total. The molecule has 1 nitrogen and oxygen atoms in total. The average Bonchev–Trinajstić information content (AvgIpc) is 2.48. The normalized spacial score (nSPS) is 23.7. The molecule has 0 spiro atoms. The number of carbonyl (C=O) groups excluding carboxylic acids is 1. The number of hydrogen-bond acceptors (Lipinski definition) is 1. The summed E-state index contributed by atoms with van der Waals surface area (Å²) in [5, 5.41) is 0. The van der Waals surface area contributed by atoms with Gasteiger partial charge in [-0.3, -0.25) is 4.79 Å². The Morgan fingerprint density at radius 3 is 2.81 bits per heavy atom. The third kappa shape index (κ3) is 5.30. The number of allylic oxidation sites excluding steroid dienone is 6. The second kappa shape index (κ2) is 8.36. The van der Waals surface area contributed by atoms with Gasteiger partial charge in [0.2, 0.25) is 0 Å². The van der Waals surface area contributed by atoms with Gasteiger partial charge in [0.25, 0.3) is 0 Å². The highest BCUT2D eigenvalue weighted by atomic mass is 16.1. The van der Waals surface area contributed by atoms with Crippen molar-refractivity contribution in [1.82, 2.24) is 0 Å². The van der Waals surface area contributed by atoms with E-state index in [1.54, 1.807) is 5.57 Å². The fourth-order valence-electron chi connectivity index (χ4n) is 3.56. The van der Waals surface area contributed by atoms with Crippen LogP contribution in [0.15, 0.2) is 35.5 Å². The Hall–Kier alpha value is -1.11. The maximum Gasteiger partial charge on any atom is 0.137 e. The number of carbonyl (C=O) groups is 1. The molecule has 116 valence electrons. The predicted molar refractivity (Wildman–Crippen MR) is 90.2 cm³/mol. The Bertz CT molecular complexity index is 439. The van der Waals surface area contributed by atoms with Gasteiger partial charge in [0.15, 0.2) is 0 Å². The monoisotopic (exact) mass is 286 g/mol. The van der Waals surface area contributed by atoms with Gasteiger partial charge in [0.05, 0.1) is 0 Å². The molecule has 1 heteroatoms. The van der Waals surface area contributed by atoms with Crippen LogP contribution in [0.1, 0.15) is 71.6 Å². The summed E-state index contributed by atoms with van der Waals surface area (Å²) in [5.74, 6) is 1.74. The molecule has 21 heavy (non-hydrogen) atoms. The molecule has 0 saturated heterocycles. The zero-order valence-corrected chi connectivity index (χ0v) is 13.7. The highest BCUT2D eigenvalue weighted by Crippen LogP contribution is 2.30. The molecular weight excluding hydrogens is 256 g/mol. The van der Waals surface area contributed by atoms with Crippen LogP contribution >= 0.6 is 0 Å². The quantitative estimate of drug-likeness (QED) is 0.542. The topological polar surface area (TPSA) is 17.1 Å². The fourth-order valence-corrected chi connectivity index (χ4v) is 3.56. The predicted octanol–water partition coefficient (Wildman–Crippen LogP) is 5.77. The van der Waals surface area contributed by atoms with Gasteiger partial charge in [-0.2, -0.15) is 0 Å². The molecule has 2 atom stereocenters. The number of Topliss-reactive ketones (excluding diaryl/α,β-unsaturated/α-hetero) is 1. The molecule has 0 radical (unpaired) electrons. The van der Waals surface area contributed by atoms with Gasteiger partial charge in [0, 0.05) is 12.8 Å². The van der Waals surface area contributed by atoms with Gasteiger partial charge in [-0.15, -0.1) is 0 Å². The molecule has 0 aliphatic heterocycles. The lowest BCUT2D eigenvalue weighted by molar-refractivity contribution is -0.119. The first-order valence-corrected chi connectivity index (χ1v) is 8.73. The summed E-state index contributed by atoms with van der Waals surface area (Å²) in [6.45, 7) is 4.58. The SMILES string of the molecule is CCC(CCCC1C=CCC(=O)C1)CC1=CCCC=C1C. The van der Waals surface area contributed by atoms with E-state index in [0.717, 1.165) is 12.3 Å². The lowest BCUT2D eigenvalue weighted by Crippen LogP contribution is -2.11.